The molecule has 0 spiro atoms. The largest absolute Gasteiger partial charge is 0.785 e. The number of piperidine rings is 1. The number of hydroxylamine groups is 2. The molecule has 0 aromatic rings. The maximum Gasteiger partial charge on any atom is 0.305 e. The van der Waals surface area contributed by atoms with E-state index in [1.54, 1.807) is 0 Å². The SMILES string of the molecule is COC(=O)CC1[C@H]2CN([O-])C[C@@H]12. The summed E-state index contributed by atoms with van der Waals surface area (Å²) >= 11 is 0. The smallest absolute Gasteiger partial charge is 0.305 e. The Bertz CT molecular complexity index is 194. The molecule has 0 bridgehead atoms. The Morgan fingerprint density at radius 1 is 1.58 bits per heavy atom. The molecule has 4 nitrogen and oxygen atoms in total. The summed E-state index contributed by atoms with van der Waals surface area (Å²) < 4.78 is 4.56. The van der Waals surface area contributed by atoms with E-state index in [4.69, 9.17) is 0 Å². The van der Waals surface area contributed by atoms with Crippen molar-refractivity contribution >= 4 is 5.97 Å². The Morgan fingerprint density at radius 3 is 2.67 bits per heavy atom. The molecule has 1 heterocycles. The molecule has 68 valence electrons. The van der Waals surface area contributed by atoms with Gasteiger partial charge in [0, 0.05) is 6.42 Å². The highest BCUT2D eigenvalue weighted by Crippen LogP contribution is 2.53. The van der Waals surface area contributed by atoms with Crippen molar-refractivity contribution in [2.24, 2.45) is 17.8 Å². The first-order chi connectivity index (χ1) is 5.72. The van der Waals surface area contributed by atoms with E-state index in [1.165, 1.54) is 7.11 Å². The number of rotatable bonds is 2. The van der Waals surface area contributed by atoms with Gasteiger partial charge in [-0.3, -0.25) is 4.79 Å². The quantitative estimate of drug-likeness (QED) is 0.556. The van der Waals surface area contributed by atoms with Gasteiger partial charge in [-0.2, -0.15) is 0 Å². The molecule has 0 radical (unpaired) electrons. The molecule has 3 atom stereocenters. The van der Waals surface area contributed by atoms with Crippen LogP contribution in [0.3, 0.4) is 0 Å². The fraction of sp³-hybridized carbons (Fsp3) is 0.875. The van der Waals surface area contributed by atoms with Crippen LogP contribution in [0.5, 0.6) is 0 Å². The van der Waals surface area contributed by atoms with Crippen LogP contribution in [0.1, 0.15) is 6.42 Å². The first kappa shape index (κ1) is 8.01. The number of hydrogen-bond donors (Lipinski definition) is 0. The van der Waals surface area contributed by atoms with Gasteiger partial charge in [-0.1, -0.05) is 0 Å². The van der Waals surface area contributed by atoms with E-state index in [2.05, 4.69) is 4.74 Å². The van der Waals surface area contributed by atoms with Gasteiger partial charge in [-0.15, -0.1) is 0 Å². The van der Waals surface area contributed by atoms with Gasteiger partial charge in [0.15, 0.2) is 0 Å². The minimum absolute atomic E-state index is 0.146. The summed E-state index contributed by atoms with van der Waals surface area (Å²) in [4.78, 5) is 10.9. The van der Waals surface area contributed by atoms with Gasteiger partial charge in [-0.25, -0.2) is 0 Å². The summed E-state index contributed by atoms with van der Waals surface area (Å²) in [5.74, 6) is 1.23. The standard InChI is InChI=1S/C8H12NO3/c1-12-8(10)2-5-6-3-9(11)4-7(5)6/h5-7H,2-4H2,1H3/q-1/t5?,6-,7+. The van der Waals surface area contributed by atoms with Crippen LogP contribution >= 0.6 is 0 Å². The number of esters is 1. The van der Waals surface area contributed by atoms with E-state index in [1.807, 2.05) is 0 Å². The van der Waals surface area contributed by atoms with E-state index >= 15 is 0 Å². The van der Waals surface area contributed by atoms with Gasteiger partial charge in [-0.05, 0) is 30.8 Å². The molecule has 0 aromatic carbocycles. The third-order valence-electron chi connectivity index (χ3n) is 2.97. The van der Waals surface area contributed by atoms with Gasteiger partial charge in [0.2, 0.25) is 0 Å². The Morgan fingerprint density at radius 2 is 2.17 bits per heavy atom. The van der Waals surface area contributed by atoms with Crippen molar-refractivity contribution in [3.63, 3.8) is 0 Å². The Balaban J connectivity index is 1.79. The fourth-order valence-corrected chi connectivity index (χ4v) is 2.19. The molecule has 2 aliphatic rings. The van der Waals surface area contributed by atoms with Gasteiger partial charge in [0.1, 0.15) is 0 Å². The number of hydrogen-bond acceptors (Lipinski definition) is 4. The summed E-state index contributed by atoms with van der Waals surface area (Å²) in [6, 6.07) is 0. The lowest BCUT2D eigenvalue weighted by molar-refractivity contribution is -0.141. The van der Waals surface area contributed by atoms with Crippen molar-refractivity contribution in [3.05, 3.63) is 5.21 Å². The van der Waals surface area contributed by atoms with Crippen molar-refractivity contribution in [2.75, 3.05) is 20.2 Å². The third kappa shape index (κ3) is 1.21. The maximum absolute atomic E-state index is 10.9. The second-order valence-electron chi connectivity index (χ2n) is 3.62. The summed E-state index contributed by atoms with van der Waals surface area (Å²) in [5, 5.41) is 11.9. The topological polar surface area (TPSA) is 52.6 Å². The second kappa shape index (κ2) is 2.71. The average Bonchev–Trinajstić information content (AvgIpc) is 2.51. The number of carbonyl (C=O) groups is 1. The first-order valence-corrected chi connectivity index (χ1v) is 4.21. The molecule has 0 aromatic heterocycles. The first-order valence-electron chi connectivity index (χ1n) is 4.21. The number of methoxy groups -OCH3 is 1. The molecule has 1 aliphatic carbocycles. The molecular formula is C8H12NO3-. The molecule has 1 unspecified atom stereocenters. The van der Waals surface area contributed by atoms with Crippen molar-refractivity contribution in [1.82, 2.24) is 5.06 Å². The van der Waals surface area contributed by atoms with E-state index in [0.29, 0.717) is 37.3 Å². The van der Waals surface area contributed by atoms with Crippen LogP contribution in [0, 0.1) is 23.0 Å². The van der Waals surface area contributed by atoms with E-state index in [-0.39, 0.29) is 5.97 Å². The fourth-order valence-electron chi connectivity index (χ4n) is 2.19. The lowest BCUT2D eigenvalue weighted by Crippen LogP contribution is -2.18. The molecule has 1 saturated carbocycles. The van der Waals surface area contributed by atoms with Crippen LogP contribution in [0.15, 0.2) is 0 Å². The normalized spacial score (nSPS) is 39.3. The number of nitrogens with zero attached hydrogens (tertiary/aromatic N) is 1. The van der Waals surface area contributed by atoms with Crippen LogP contribution in [0.25, 0.3) is 0 Å². The van der Waals surface area contributed by atoms with Gasteiger partial charge in [0.05, 0.1) is 7.11 Å². The molecule has 12 heavy (non-hydrogen) atoms. The summed E-state index contributed by atoms with van der Waals surface area (Å²) in [7, 11) is 1.40. The van der Waals surface area contributed by atoms with Crippen LogP contribution in [-0.2, 0) is 9.53 Å². The Labute approximate surface area is 71.1 Å². The molecule has 1 aliphatic heterocycles. The summed E-state index contributed by atoms with van der Waals surface area (Å²) in [5.41, 5.74) is 0. The van der Waals surface area contributed by atoms with Crippen molar-refractivity contribution in [3.8, 4) is 0 Å². The van der Waals surface area contributed by atoms with Gasteiger partial charge >= 0.3 is 5.97 Å². The molecule has 2 rings (SSSR count). The third-order valence-corrected chi connectivity index (χ3v) is 2.97. The number of ether oxygens (including phenoxy) is 1. The van der Waals surface area contributed by atoms with Crippen molar-refractivity contribution < 1.29 is 9.53 Å². The van der Waals surface area contributed by atoms with Gasteiger partial charge in [0.25, 0.3) is 0 Å². The second-order valence-corrected chi connectivity index (χ2v) is 3.62. The lowest BCUT2D eigenvalue weighted by Gasteiger charge is -2.24. The van der Waals surface area contributed by atoms with Crippen LogP contribution < -0.4 is 0 Å². The van der Waals surface area contributed by atoms with E-state index < -0.39 is 0 Å². The highest BCUT2D eigenvalue weighted by atomic mass is 16.5. The molecule has 2 fully saturated rings. The van der Waals surface area contributed by atoms with Crippen molar-refractivity contribution in [1.29, 1.82) is 0 Å². The predicted octanol–water partition coefficient (Wildman–Crippen LogP) is 0.225. The zero-order chi connectivity index (χ0) is 8.72. The van der Waals surface area contributed by atoms with Crippen molar-refractivity contribution in [2.45, 2.75) is 6.42 Å². The lowest BCUT2D eigenvalue weighted by atomic mass is 10.2. The number of carbonyl (C=O) groups excluding carboxylic acids is 1. The monoisotopic (exact) mass is 170 g/mol. The molecule has 4 heteroatoms. The molecule has 0 N–H and O–H groups in total. The Kier molecular flexibility index (Phi) is 1.81. The van der Waals surface area contributed by atoms with Crippen LogP contribution in [-0.4, -0.2) is 31.2 Å². The summed E-state index contributed by atoms with van der Waals surface area (Å²) in [6.45, 7) is 1.23. The van der Waals surface area contributed by atoms with E-state index in [0.717, 1.165) is 5.06 Å². The minimum Gasteiger partial charge on any atom is -0.785 e. The van der Waals surface area contributed by atoms with E-state index in [9.17, 15) is 10.0 Å². The van der Waals surface area contributed by atoms with Crippen LogP contribution in [0.4, 0.5) is 0 Å². The predicted molar refractivity (Wildman–Crippen MR) is 42.0 cm³/mol. The highest BCUT2D eigenvalue weighted by Gasteiger charge is 2.54. The van der Waals surface area contributed by atoms with Gasteiger partial charge < -0.3 is 15.0 Å². The Hall–Kier alpha value is -0.610. The average molecular weight is 170 g/mol. The summed E-state index contributed by atoms with van der Waals surface area (Å²) in [6.07, 6.45) is 0.500. The number of fused-ring (bicyclic) bond motifs is 1. The molecule has 0 amide bonds. The zero-order valence-electron chi connectivity index (χ0n) is 7.03. The minimum atomic E-state index is -0.146. The van der Waals surface area contributed by atoms with Crippen LogP contribution in [0.2, 0.25) is 0 Å². The molecule has 1 saturated heterocycles. The molecular weight excluding hydrogens is 158 g/mol. The highest BCUT2D eigenvalue weighted by molar-refractivity contribution is 5.70. The maximum atomic E-state index is 10.9. The zero-order valence-corrected chi connectivity index (χ0v) is 7.03.